The summed E-state index contributed by atoms with van der Waals surface area (Å²) in [6.45, 7) is 0.892. The molecule has 0 spiro atoms. The second-order valence-corrected chi connectivity index (χ2v) is 6.01. The second-order valence-electron chi connectivity index (χ2n) is 6.01. The Balaban J connectivity index is 1.44. The Morgan fingerprint density at radius 1 is 1.22 bits per heavy atom. The van der Waals surface area contributed by atoms with E-state index in [1.807, 2.05) is 4.90 Å². The quantitative estimate of drug-likeness (QED) is 0.753. The van der Waals surface area contributed by atoms with Crippen LogP contribution in [0.2, 0.25) is 0 Å². The lowest BCUT2D eigenvalue weighted by Crippen LogP contribution is -2.43. The van der Waals surface area contributed by atoms with Gasteiger partial charge in [-0.05, 0) is 30.5 Å². The summed E-state index contributed by atoms with van der Waals surface area (Å²) >= 11 is 0. The molecule has 3 amide bonds. The zero-order valence-electron chi connectivity index (χ0n) is 12.6. The molecule has 7 heteroatoms. The van der Waals surface area contributed by atoms with Crippen LogP contribution >= 0.6 is 0 Å². The molecule has 1 aromatic rings. The highest BCUT2D eigenvalue weighted by Gasteiger charge is 2.39. The molecule has 3 N–H and O–H groups in total. The third kappa shape index (κ3) is 3.80. The fraction of sp³-hybridized carbons (Fsp3) is 0.438. The number of rotatable bonds is 5. The lowest BCUT2D eigenvalue weighted by Gasteiger charge is -2.16. The number of carboxylic acids is 1. The Morgan fingerprint density at radius 2 is 1.91 bits per heavy atom. The van der Waals surface area contributed by atoms with Gasteiger partial charge in [-0.3, -0.25) is 4.79 Å². The van der Waals surface area contributed by atoms with Gasteiger partial charge >= 0.3 is 12.0 Å². The van der Waals surface area contributed by atoms with Crippen molar-refractivity contribution in [3.05, 3.63) is 35.4 Å². The van der Waals surface area contributed by atoms with Gasteiger partial charge in [0.25, 0.3) is 0 Å². The highest BCUT2D eigenvalue weighted by Crippen LogP contribution is 2.30. The first-order chi connectivity index (χ1) is 11.0. The first-order valence-corrected chi connectivity index (χ1v) is 7.69. The fourth-order valence-corrected chi connectivity index (χ4v) is 2.75. The maximum absolute atomic E-state index is 11.9. The predicted octanol–water partition coefficient (Wildman–Crippen LogP) is 0.947. The monoisotopic (exact) mass is 317 g/mol. The zero-order chi connectivity index (χ0) is 16.4. The van der Waals surface area contributed by atoms with E-state index >= 15 is 0 Å². The highest BCUT2D eigenvalue weighted by molar-refractivity contribution is 5.87. The zero-order valence-corrected chi connectivity index (χ0v) is 12.6. The maximum Gasteiger partial charge on any atom is 0.335 e. The average Bonchev–Trinajstić information content (AvgIpc) is 3.30. The van der Waals surface area contributed by atoms with Crippen LogP contribution in [0.25, 0.3) is 0 Å². The largest absolute Gasteiger partial charge is 0.478 e. The number of nitrogens with zero attached hydrogens (tertiary/aromatic N) is 1. The molecule has 1 aliphatic heterocycles. The number of benzene rings is 1. The molecular weight excluding hydrogens is 298 g/mol. The molecule has 23 heavy (non-hydrogen) atoms. The van der Waals surface area contributed by atoms with Gasteiger partial charge in [-0.15, -0.1) is 0 Å². The van der Waals surface area contributed by atoms with Gasteiger partial charge in [0.15, 0.2) is 0 Å². The number of carbonyl (C=O) groups excluding carboxylic acids is 2. The topological polar surface area (TPSA) is 98.7 Å². The minimum atomic E-state index is -0.978. The molecule has 0 aromatic heterocycles. The Bertz CT molecular complexity index is 625. The number of aromatic carboxylic acids is 1. The highest BCUT2D eigenvalue weighted by atomic mass is 16.4. The van der Waals surface area contributed by atoms with Crippen molar-refractivity contribution in [3.63, 3.8) is 0 Å². The summed E-state index contributed by atoms with van der Waals surface area (Å²) in [6, 6.07) is 6.25. The molecule has 3 rings (SSSR count). The fourth-order valence-electron chi connectivity index (χ4n) is 2.75. The standard InChI is InChI=1S/C16H19N3O4/c20-14-7-12(9-19(14)13-5-6-13)18-16(23)17-8-10-1-3-11(4-2-10)15(21)22/h1-4,12-13H,5-9H2,(H,21,22)(H2,17,18,23). The van der Waals surface area contributed by atoms with E-state index in [4.69, 9.17) is 5.11 Å². The summed E-state index contributed by atoms with van der Waals surface area (Å²) in [4.78, 5) is 36.3. The van der Waals surface area contributed by atoms with Crippen LogP contribution in [0.3, 0.4) is 0 Å². The van der Waals surface area contributed by atoms with Crippen molar-refractivity contribution >= 4 is 17.9 Å². The second kappa shape index (κ2) is 6.28. The summed E-state index contributed by atoms with van der Waals surface area (Å²) in [5.74, 6) is -0.865. The number of hydrogen-bond donors (Lipinski definition) is 3. The van der Waals surface area contributed by atoms with E-state index in [0.717, 1.165) is 18.4 Å². The minimum absolute atomic E-state index is 0.113. The van der Waals surface area contributed by atoms with Gasteiger partial charge in [0.2, 0.25) is 5.91 Å². The summed E-state index contributed by atoms with van der Waals surface area (Å²) in [5.41, 5.74) is 1.02. The Labute approximate surface area is 133 Å². The van der Waals surface area contributed by atoms with E-state index in [-0.39, 0.29) is 23.5 Å². The summed E-state index contributed by atoms with van der Waals surface area (Å²) < 4.78 is 0. The van der Waals surface area contributed by atoms with E-state index in [1.54, 1.807) is 12.1 Å². The van der Waals surface area contributed by atoms with Gasteiger partial charge in [-0.2, -0.15) is 0 Å². The van der Waals surface area contributed by atoms with Gasteiger partial charge in [-0.1, -0.05) is 12.1 Å². The van der Waals surface area contributed by atoms with Crippen molar-refractivity contribution < 1.29 is 19.5 Å². The Morgan fingerprint density at radius 3 is 2.52 bits per heavy atom. The molecule has 1 aromatic carbocycles. The van der Waals surface area contributed by atoms with E-state index in [1.165, 1.54) is 12.1 Å². The Kier molecular flexibility index (Phi) is 4.18. The van der Waals surface area contributed by atoms with Crippen LogP contribution < -0.4 is 10.6 Å². The van der Waals surface area contributed by atoms with Crippen molar-refractivity contribution in [1.82, 2.24) is 15.5 Å². The van der Waals surface area contributed by atoms with Gasteiger partial charge in [0.05, 0.1) is 11.6 Å². The number of carboxylic acid groups (broad SMARTS) is 1. The molecule has 0 radical (unpaired) electrons. The minimum Gasteiger partial charge on any atom is -0.478 e. The molecule has 1 aliphatic carbocycles. The third-order valence-electron chi connectivity index (χ3n) is 4.14. The van der Waals surface area contributed by atoms with Crippen LogP contribution in [0.15, 0.2) is 24.3 Å². The molecule has 1 atom stereocenters. The predicted molar refractivity (Wildman–Crippen MR) is 81.9 cm³/mol. The molecule has 7 nitrogen and oxygen atoms in total. The van der Waals surface area contributed by atoms with Gasteiger partial charge in [0, 0.05) is 25.6 Å². The molecule has 1 saturated carbocycles. The first-order valence-electron chi connectivity index (χ1n) is 7.69. The van der Waals surface area contributed by atoms with Crippen LogP contribution in [0.5, 0.6) is 0 Å². The third-order valence-corrected chi connectivity index (χ3v) is 4.14. The molecule has 122 valence electrons. The van der Waals surface area contributed by atoms with Crippen LogP contribution in [-0.2, 0) is 11.3 Å². The van der Waals surface area contributed by atoms with Crippen LogP contribution in [0.4, 0.5) is 4.79 Å². The molecular formula is C16H19N3O4. The van der Waals surface area contributed by atoms with Gasteiger partial charge < -0.3 is 20.6 Å². The summed E-state index contributed by atoms with van der Waals surface area (Å²) in [5, 5.41) is 14.4. The molecule has 1 unspecified atom stereocenters. The smallest absolute Gasteiger partial charge is 0.335 e. The van der Waals surface area contributed by atoms with E-state index in [0.29, 0.717) is 25.6 Å². The normalized spacial score (nSPS) is 20.4. The number of amides is 3. The van der Waals surface area contributed by atoms with E-state index in [9.17, 15) is 14.4 Å². The number of carbonyl (C=O) groups is 3. The number of urea groups is 1. The Hall–Kier alpha value is -2.57. The molecule has 2 aliphatic rings. The van der Waals surface area contributed by atoms with E-state index < -0.39 is 5.97 Å². The SMILES string of the molecule is O=C(NCc1ccc(C(=O)O)cc1)NC1CC(=O)N(C2CC2)C1. The van der Waals surface area contributed by atoms with Crippen molar-refractivity contribution in [1.29, 1.82) is 0 Å². The van der Waals surface area contributed by atoms with Crippen molar-refractivity contribution in [3.8, 4) is 0 Å². The number of nitrogens with one attached hydrogen (secondary N) is 2. The van der Waals surface area contributed by atoms with Crippen molar-refractivity contribution in [2.75, 3.05) is 6.54 Å². The van der Waals surface area contributed by atoms with Crippen LogP contribution in [0, 0.1) is 0 Å². The molecule has 0 bridgehead atoms. The van der Waals surface area contributed by atoms with E-state index in [2.05, 4.69) is 10.6 Å². The summed E-state index contributed by atoms with van der Waals surface area (Å²) in [7, 11) is 0. The maximum atomic E-state index is 11.9. The molecule has 1 saturated heterocycles. The average molecular weight is 317 g/mol. The first kappa shape index (κ1) is 15.3. The number of likely N-dealkylation sites (tertiary alicyclic amines) is 1. The molecule has 1 heterocycles. The lowest BCUT2D eigenvalue weighted by molar-refractivity contribution is -0.128. The van der Waals surface area contributed by atoms with Crippen molar-refractivity contribution in [2.45, 2.75) is 37.9 Å². The number of hydrogen-bond acceptors (Lipinski definition) is 3. The van der Waals surface area contributed by atoms with Gasteiger partial charge in [0.1, 0.15) is 0 Å². The summed E-state index contributed by atoms with van der Waals surface area (Å²) in [6.07, 6.45) is 2.49. The molecule has 2 fully saturated rings. The van der Waals surface area contributed by atoms with Gasteiger partial charge in [-0.25, -0.2) is 9.59 Å². The van der Waals surface area contributed by atoms with Crippen LogP contribution in [0.1, 0.15) is 35.2 Å². The van der Waals surface area contributed by atoms with Crippen LogP contribution in [-0.4, -0.2) is 46.5 Å². The lowest BCUT2D eigenvalue weighted by atomic mass is 10.1. The van der Waals surface area contributed by atoms with Crippen molar-refractivity contribution in [2.24, 2.45) is 0 Å².